The van der Waals surface area contributed by atoms with Crippen LogP contribution in [0.15, 0.2) is 48.1 Å². The number of nitrogens with zero attached hydrogens (tertiary/aromatic N) is 4. The highest BCUT2D eigenvalue weighted by atomic mass is 32.1. The molecule has 0 aliphatic heterocycles. The van der Waals surface area contributed by atoms with Gasteiger partial charge >= 0.3 is 0 Å². The number of hydrogen-bond acceptors (Lipinski definition) is 6. The minimum Gasteiger partial charge on any atom is -0.325 e. The molecule has 0 saturated carbocycles. The summed E-state index contributed by atoms with van der Waals surface area (Å²) in [5.41, 5.74) is 2.10. The van der Waals surface area contributed by atoms with Crippen LogP contribution in [0.5, 0.6) is 0 Å². The monoisotopic (exact) mass is 353 g/mol. The fourth-order valence-corrected chi connectivity index (χ4v) is 3.23. The molecule has 3 rings (SSSR count). The molecule has 0 aliphatic carbocycles. The maximum atomic E-state index is 4.61. The average molecular weight is 353 g/mol. The zero-order valence-corrected chi connectivity index (χ0v) is 15.5. The van der Waals surface area contributed by atoms with E-state index >= 15 is 0 Å². The standard InChI is InChI=1S/C19H23N5S/c1-3-11-24(4-2)14-15-8-9-17(21-13-15)23-18-7-5-6-16(22-18)19-20-10-12-25-19/h5-10,12-13H,3-4,11,14H2,1-2H3,(H,21,22,23). The zero-order valence-electron chi connectivity index (χ0n) is 14.6. The van der Waals surface area contributed by atoms with Gasteiger partial charge in [-0.1, -0.05) is 26.0 Å². The minimum atomic E-state index is 0.772. The predicted molar refractivity (Wildman–Crippen MR) is 104 cm³/mol. The predicted octanol–water partition coefficient (Wildman–Crippen LogP) is 4.58. The van der Waals surface area contributed by atoms with Gasteiger partial charge in [0.2, 0.25) is 0 Å². The van der Waals surface area contributed by atoms with E-state index in [2.05, 4.69) is 45.1 Å². The molecule has 0 amide bonds. The Kier molecular flexibility index (Phi) is 6.09. The molecule has 3 aromatic rings. The Morgan fingerprint density at radius 1 is 1.08 bits per heavy atom. The Hall–Kier alpha value is -2.31. The number of pyridine rings is 2. The van der Waals surface area contributed by atoms with Crippen LogP contribution in [0, 0.1) is 0 Å². The first-order valence-electron chi connectivity index (χ1n) is 8.59. The van der Waals surface area contributed by atoms with Gasteiger partial charge in [0.25, 0.3) is 0 Å². The summed E-state index contributed by atoms with van der Waals surface area (Å²) in [4.78, 5) is 15.9. The van der Waals surface area contributed by atoms with Crippen LogP contribution in [-0.4, -0.2) is 32.9 Å². The van der Waals surface area contributed by atoms with E-state index in [-0.39, 0.29) is 0 Å². The summed E-state index contributed by atoms with van der Waals surface area (Å²) in [7, 11) is 0. The fourth-order valence-electron chi connectivity index (χ4n) is 2.62. The number of rotatable bonds is 8. The molecular formula is C19H23N5S. The zero-order chi connectivity index (χ0) is 17.5. The Labute approximate surface area is 152 Å². The normalized spacial score (nSPS) is 11.0. The first kappa shape index (κ1) is 17.5. The van der Waals surface area contributed by atoms with E-state index in [0.717, 1.165) is 42.0 Å². The van der Waals surface area contributed by atoms with Crippen LogP contribution < -0.4 is 5.32 Å². The van der Waals surface area contributed by atoms with E-state index in [1.54, 1.807) is 17.5 Å². The summed E-state index contributed by atoms with van der Waals surface area (Å²) >= 11 is 1.58. The van der Waals surface area contributed by atoms with Gasteiger partial charge in [-0.25, -0.2) is 15.0 Å². The lowest BCUT2D eigenvalue weighted by atomic mass is 10.2. The summed E-state index contributed by atoms with van der Waals surface area (Å²) in [6.45, 7) is 7.52. The lowest BCUT2D eigenvalue weighted by molar-refractivity contribution is 0.280. The maximum absolute atomic E-state index is 4.61. The van der Waals surface area contributed by atoms with Crippen LogP contribution in [-0.2, 0) is 6.54 Å². The Morgan fingerprint density at radius 2 is 2.00 bits per heavy atom. The Balaban J connectivity index is 1.66. The third-order valence-corrected chi connectivity index (χ3v) is 4.67. The second-order valence-electron chi connectivity index (χ2n) is 5.79. The molecule has 0 bridgehead atoms. The van der Waals surface area contributed by atoms with E-state index in [4.69, 9.17) is 0 Å². The van der Waals surface area contributed by atoms with E-state index in [9.17, 15) is 0 Å². The highest BCUT2D eigenvalue weighted by Gasteiger charge is 2.06. The molecule has 130 valence electrons. The molecule has 6 heteroatoms. The first-order valence-corrected chi connectivity index (χ1v) is 9.47. The van der Waals surface area contributed by atoms with Crippen molar-refractivity contribution in [2.45, 2.75) is 26.8 Å². The topological polar surface area (TPSA) is 53.9 Å². The van der Waals surface area contributed by atoms with Crippen LogP contribution in [0.1, 0.15) is 25.8 Å². The van der Waals surface area contributed by atoms with Crippen LogP contribution in [0.2, 0.25) is 0 Å². The third-order valence-electron chi connectivity index (χ3n) is 3.87. The molecule has 0 unspecified atom stereocenters. The van der Waals surface area contributed by atoms with Gasteiger partial charge < -0.3 is 5.32 Å². The highest BCUT2D eigenvalue weighted by molar-refractivity contribution is 7.13. The molecule has 5 nitrogen and oxygen atoms in total. The Morgan fingerprint density at radius 3 is 2.68 bits per heavy atom. The van der Waals surface area contributed by atoms with Crippen molar-refractivity contribution in [3.8, 4) is 10.7 Å². The first-order chi connectivity index (χ1) is 12.3. The van der Waals surface area contributed by atoms with Gasteiger partial charge in [-0.3, -0.25) is 4.90 Å². The molecule has 3 heterocycles. The summed E-state index contributed by atoms with van der Waals surface area (Å²) in [6.07, 6.45) is 4.90. The van der Waals surface area contributed by atoms with E-state index in [1.807, 2.05) is 35.8 Å². The molecular weight excluding hydrogens is 330 g/mol. The fraction of sp³-hybridized carbons (Fsp3) is 0.316. The minimum absolute atomic E-state index is 0.772. The Bertz CT molecular complexity index is 771. The maximum Gasteiger partial charge on any atom is 0.141 e. The molecule has 25 heavy (non-hydrogen) atoms. The lowest BCUT2D eigenvalue weighted by Crippen LogP contribution is -2.23. The number of nitrogens with one attached hydrogen (secondary N) is 1. The van der Waals surface area contributed by atoms with Gasteiger partial charge in [-0.2, -0.15) is 0 Å². The molecule has 0 radical (unpaired) electrons. The summed E-state index contributed by atoms with van der Waals surface area (Å²) < 4.78 is 0. The van der Waals surface area contributed by atoms with Crippen molar-refractivity contribution in [1.29, 1.82) is 0 Å². The third kappa shape index (κ3) is 4.84. The van der Waals surface area contributed by atoms with Gasteiger partial charge in [-0.15, -0.1) is 11.3 Å². The molecule has 0 fully saturated rings. The number of hydrogen-bond donors (Lipinski definition) is 1. The quantitative estimate of drug-likeness (QED) is 0.642. The van der Waals surface area contributed by atoms with Crippen molar-refractivity contribution in [2.75, 3.05) is 18.4 Å². The molecule has 0 atom stereocenters. The molecule has 3 aromatic heterocycles. The van der Waals surface area contributed by atoms with Crippen LogP contribution in [0.3, 0.4) is 0 Å². The summed E-state index contributed by atoms with van der Waals surface area (Å²) in [5, 5.41) is 6.14. The van der Waals surface area contributed by atoms with Gasteiger partial charge in [0.1, 0.15) is 22.3 Å². The van der Waals surface area contributed by atoms with E-state index in [1.165, 1.54) is 12.0 Å². The van der Waals surface area contributed by atoms with Gasteiger partial charge in [0.15, 0.2) is 0 Å². The van der Waals surface area contributed by atoms with Gasteiger partial charge in [0.05, 0.1) is 0 Å². The molecule has 0 aromatic carbocycles. The largest absolute Gasteiger partial charge is 0.325 e. The van der Waals surface area contributed by atoms with Gasteiger partial charge in [0, 0.05) is 24.3 Å². The van der Waals surface area contributed by atoms with Crippen molar-refractivity contribution in [2.24, 2.45) is 0 Å². The number of thiazole rings is 1. The van der Waals surface area contributed by atoms with Gasteiger partial charge in [-0.05, 0) is 43.3 Å². The smallest absolute Gasteiger partial charge is 0.141 e. The average Bonchev–Trinajstić information content (AvgIpc) is 3.18. The lowest BCUT2D eigenvalue weighted by Gasteiger charge is -2.19. The molecule has 1 N–H and O–H groups in total. The van der Waals surface area contributed by atoms with E-state index < -0.39 is 0 Å². The molecule has 0 spiro atoms. The number of aromatic nitrogens is 3. The second kappa shape index (κ2) is 8.69. The van der Waals surface area contributed by atoms with E-state index in [0.29, 0.717) is 0 Å². The van der Waals surface area contributed by atoms with Crippen molar-refractivity contribution in [1.82, 2.24) is 19.9 Å². The SMILES string of the molecule is CCCN(CC)Cc1ccc(Nc2cccc(-c3nccs3)n2)nc1. The highest BCUT2D eigenvalue weighted by Crippen LogP contribution is 2.22. The molecule has 0 aliphatic rings. The van der Waals surface area contributed by atoms with Crippen molar-refractivity contribution in [3.05, 3.63) is 53.7 Å². The summed E-state index contributed by atoms with van der Waals surface area (Å²) in [6, 6.07) is 10.0. The summed E-state index contributed by atoms with van der Waals surface area (Å²) in [5.74, 6) is 1.57. The van der Waals surface area contributed by atoms with Crippen LogP contribution in [0.25, 0.3) is 10.7 Å². The molecule has 0 saturated heterocycles. The van der Waals surface area contributed by atoms with Crippen LogP contribution in [0.4, 0.5) is 11.6 Å². The van der Waals surface area contributed by atoms with Crippen molar-refractivity contribution >= 4 is 23.0 Å². The second-order valence-corrected chi connectivity index (χ2v) is 6.69. The van der Waals surface area contributed by atoms with Crippen LogP contribution >= 0.6 is 11.3 Å². The van der Waals surface area contributed by atoms with Crippen molar-refractivity contribution in [3.63, 3.8) is 0 Å². The van der Waals surface area contributed by atoms with Crippen molar-refractivity contribution < 1.29 is 0 Å². The number of anilines is 2.